The van der Waals surface area contributed by atoms with E-state index in [1.54, 1.807) is 24.3 Å². The van der Waals surface area contributed by atoms with E-state index >= 15 is 0 Å². The van der Waals surface area contributed by atoms with Crippen LogP contribution in [-0.4, -0.2) is 29.7 Å². The zero-order valence-corrected chi connectivity index (χ0v) is 12.3. The van der Waals surface area contributed by atoms with Crippen LogP contribution in [0.5, 0.6) is 5.75 Å². The number of esters is 1. The van der Waals surface area contributed by atoms with Gasteiger partial charge in [-0.1, -0.05) is 12.1 Å². The number of rotatable bonds is 5. The molecule has 2 rings (SSSR count). The van der Waals surface area contributed by atoms with E-state index in [-0.39, 0.29) is 16.9 Å². The highest BCUT2D eigenvalue weighted by Gasteiger charge is 2.13. The fraction of sp³-hybridized carbons (Fsp3) is 0.125. The van der Waals surface area contributed by atoms with Crippen LogP contribution in [0.15, 0.2) is 36.4 Å². The summed E-state index contributed by atoms with van der Waals surface area (Å²) in [7, 11) is 1.28. The van der Waals surface area contributed by atoms with Crippen molar-refractivity contribution in [3.8, 4) is 16.9 Å². The summed E-state index contributed by atoms with van der Waals surface area (Å²) in [6, 6.07) is 9.39. The number of carbonyl (C=O) groups is 2. The summed E-state index contributed by atoms with van der Waals surface area (Å²) < 4.78 is 4.61. The molecule has 23 heavy (non-hydrogen) atoms. The van der Waals surface area contributed by atoms with Crippen molar-refractivity contribution in [2.24, 2.45) is 0 Å². The average molecular weight is 317 g/mol. The van der Waals surface area contributed by atoms with Gasteiger partial charge >= 0.3 is 5.97 Å². The number of hydrogen-bond acceptors (Lipinski definition) is 6. The molecular weight excluding hydrogens is 302 g/mol. The molecular formula is C16H15NO6. The maximum atomic E-state index is 11.4. The van der Waals surface area contributed by atoms with Crippen LogP contribution >= 0.6 is 0 Å². The maximum Gasteiger partial charge on any atom is 0.337 e. The van der Waals surface area contributed by atoms with Crippen molar-refractivity contribution in [3.05, 3.63) is 58.3 Å². The summed E-state index contributed by atoms with van der Waals surface area (Å²) >= 11 is 0. The van der Waals surface area contributed by atoms with Crippen molar-refractivity contribution in [2.45, 2.75) is 6.54 Å². The van der Waals surface area contributed by atoms with Crippen molar-refractivity contribution >= 4 is 12.3 Å². The lowest BCUT2D eigenvalue weighted by Crippen LogP contribution is -3.03. The molecule has 2 aromatic carbocycles. The quantitative estimate of drug-likeness (QED) is 0.430. The Labute approximate surface area is 131 Å². The van der Waals surface area contributed by atoms with E-state index in [1.165, 1.54) is 19.2 Å². The van der Waals surface area contributed by atoms with Gasteiger partial charge in [-0.15, -0.1) is 0 Å². The van der Waals surface area contributed by atoms with Crippen molar-refractivity contribution < 1.29 is 29.9 Å². The lowest BCUT2D eigenvalue weighted by Gasteiger charge is -2.15. The lowest BCUT2D eigenvalue weighted by atomic mass is 9.98. The van der Waals surface area contributed by atoms with Crippen molar-refractivity contribution in [3.63, 3.8) is 0 Å². The predicted molar refractivity (Wildman–Crippen MR) is 80.1 cm³/mol. The number of hydroxylamine groups is 2. The molecule has 120 valence electrons. The fourth-order valence-corrected chi connectivity index (χ4v) is 2.19. The summed E-state index contributed by atoms with van der Waals surface area (Å²) in [5.74, 6) is -0.806. The van der Waals surface area contributed by atoms with Crippen LogP contribution in [0, 0.1) is 5.21 Å². The Bertz CT molecular complexity index is 724. The monoisotopic (exact) mass is 317 g/mol. The average Bonchev–Trinajstić information content (AvgIpc) is 2.55. The number of carbonyl (C=O) groups excluding carboxylic acids is 2. The number of phenols is 1. The first kappa shape index (κ1) is 16.6. The molecule has 0 aromatic heterocycles. The third-order valence-electron chi connectivity index (χ3n) is 3.33. The van der Waals surface area contributed by atoms with Gasteiger partial charge in [-0.05, 0) is 35.4 Å². The molecule has 3 N–H and O–H groups in total. The number of hydrogen-bond donors (Lipinski definition) is 3. The molecule has 1 atom stereocenters. The van der Waals surface area contributed by atoms with E-state index < -0.39 is 17.7 Å². The standard InChI is InChI=1S/C16H15NO6/c1-23-16(20)11-4-2-10(3-5-11)12-6-13(8-17(21)22)15(19)14(7-12)9-18/h2-7,9,17,19,21H,8H2,1H3. The Morgan fingerprint density at radius 2 is 1.91 bits per heavy atom. The number of aromatic hydroxyl groups is 1. The third kappa shape index (κ3) is 3.72. The summed E-state index contributed by atoms with van der Waals surface area (Å²) in [6.45, 7) is -0.402. The van der Waals surface area contributed by atoms with Gasteiger partial charge in [0.1, 0.15) is 12.3 Å². The smallest absolute Gasteiger partial charge is 0.337 e. The molecule has 2 aromatic rings. The molecule has 0 aliphatic carbocycles. The highest BCUT2D eigenvalue weighted by molar-refractivity contribution is 5.90. The number of quaternary nitrogens is 1. The zero-order valence-electron chi connectivity index (χ0n) is 12.3. The molecule has 0 bridgehead atoms. The highest BCUT2D eigenvalue weighted by atomic mass is 16.8. The van der Waals surface area contributed by atoms with Crippen molar-refractivity contribution in [1.82, 2.24) is 0 Å². The Hall–Kier alpha value is -2.74. The summed E-state index contributed by atoms with van der Waals surface area (Å²) in [6.07, 6.45) is 0.465. The molecule has 0 saturated carbocycles. The molecule has 0 spiro atoms. The number of ether oxygens (including phenoxy) is 1. The van der Waals surface area contributed by atoms with Gasteiger partial charge in [0.2, 0.25) is 0 Å². The van der Waals surface area contributed by atoms with Gasteiger partial charge in [0.05, 0.1) is 23.8 Å². The second kappa shape index (κ2) is 7.01. The minimum absolute atomic E-state index is 0.00999. The van der Waals surface area contributed by atoms with Gasteiger partial charge in [0, 0.05) is 0 Å². The van der Waals surface area contributed by atoms with Crippen LogP contribution < -0.4 is 5.23 Å². The molecule has 7 nitrogen and oxygen atoms in total. The Morgan fingerprint density at radius 1 is 1.26 bits per heavy atom. The molecule has 0 aliphatic rings. The van der Waals surface area contributed by atoms with Crippen molar-refractivity contribution in [1.29, 1.82) is 0 Å². The number of aldehydes is 1. The first-order valence-electron chi connectivity index (χ1n) is 6.68. The predicted octanol–water partition coefficient (Wildman–Crippen LogP) is 0.930. The molecule has 0 heterocycles. The summed E-state index contributed by atoms with van der Waals surface area (Å²) in [5.41, 5.74) is 1.77. The third-order valence-corrected chi connectivity index (χ3v) is 3.33. The molecule has 0 saturated heterocycles. The largest absolute Gasteiger partial charge is 0.600 e. The summed E-state index contributed by atoms with van der Waals surface area (Å²) in [4.78, 5) is 22.5. The molecule has 0 amide bonds. The molecule has 0 aliphatic heterocycles. The summed E-state index contributed by atoms with van der Waals surface area (Å²) in [5, 5.41) is 28.5. The van der Waals surface area contributed by atoms with Gasteiger partial charge < -0.3 is 15.1 Å². The minimum atomic E-state index is -1.12. The van der Waals surface area contributed by atoms with E-state index in [0.29, 0.717) is 23.0 Å². The highest BCUT2D eigenvalue weighted by Crippen LogP contribution is 2.29. The normalized spacial score (nSPS) is 11.8. The van der Waals surface area contributed by atoms with Gasteiger partial charge in [-0.25, -0.2) is 15.2 Å². The number of benzene rings is 2. The van der Waals surface area contributed by atoms with Crippen LogP contribution in [0.3, 0.4) is 0 Å². The van der Waals surface area contributed by atoms with Crippen LogP contribution in [0.4, 0.5) is 0 Å². The minimum Gasteiger partial charge on any atom is -0.600 e. The fourth-order valence-electron chi connectivity index (χ4n) is 2.19. The van der Waals surface area contributed by atoms with Gasteiger partial charge in [0.15, 0.2) is 6.29 Å². The first-order valence-corrected chi connectivity index (χ1v) is 6.68. The molecule has 0 radical (unpaired) electrons. The Kier molecular flexibility index (Phi) is 5.07. The van der Waals surface area contributed by atoms with E-state index in [2.05, 4.69) is 4.74 Å². The topological polar surface area (TPSA) is 111 Å². The number of phenolic OH excluding ortho intramolecular Hbond substituents is 1. The van der Waals surface area contributed by atoms with Crippen molar-refractivity contribution in [2.75, 3.05) is 7.11 Å². The molecule has 7 heteroatoms. The van der Waals surface area contributed by atoms with Gasteiger partial charge in [-0.3, -0.25) is 4.79 Å². The van der Waals surface area contributed by atoms with Crippen LogP contribution in [0.2, 0.25) is 0 Å². The van der Waals surface area contributed by atoms with Crippen LogP contribution in [0.25, 0.3) is 11.1 Å². The number of methoxy groups -OCH3 is 1. The Morgan fingerprint density at radius 3 is 2.43 bits per heavy atom. The van der Waals surface area contributed by atoms with Gasteiger partial charge in [-0.2, -0.15) is 0 Å². The second-order valence-electron chi connectivity index (χ2n) is 4.83. The van der Waals surface area contributed by atoms with E-state index in [9.17, 15) is 19.9 Å². The molecule has 1 unspecified atom stereocenters. The molecule has 0 fully saturated rings. The SMILES string of the molecule is COC(=O)c1ccc(-c2cc(C=O)c(O)c(C[NH+]([O-])O)c2)cc1. The maximum absolute atomic E-state index is 11.4. The van der Waals surface area contributed by atoms with Gasteiger partial charge in [0.25, 0.3) is 0 Å². The first-order chi connectivity index (χ1) is 11.0. The van der Waals surface area contributed by atoms with E-state index in [1.807, 2.05) is 0 Å². The second-order valence-corrected chi connectivity index (χ2v) is 4.83. The zero-order chi connectivity index (χ0) is 17.0. The van der Waals surface area contributed by atoms with Crippen LogP contribution in [0.1, 0.15) is 26.3 Å². The van der Waals surface area contributed by atoms with E-state index in [0.717, 1.165) is 0 Å². The lowest BCUT2D eigenvalue weighted by molar-refractivity contribution is -1.06. The Balaban J connectivity index is 2.46. The van der Waals surface area contributed by atoms with Crippen LogP contribution in [-0.2, 0) is 11.3 Å². The van der Waals surface area contributed by atoms with E-state index in [4.69, 9.17) is 5.21 Å². The number of nitrogens with one attached hydrogen (secondary N) is 1.